The van der Waals surface area contributed by atoms with Gasteiger partial charge in [-0.1, -0.05) is 12.2 Å². The lowest BCUT2D eigenvalue weighted by molar-refractivity contribution is -0.170. The van der Waals surface area contributed by atoms with Crippen LogP contribution in [-0.2, 0) is 14.3 Å². The molecule has 3 aliphatic carbocycles. The zero-order valence-corrected chi connectivity index (χ0v) is 12.3. The van der Waals surface area contributed by atoms with Crippen LogP contribution in [0.4, 0.5) is 0 Å². The number of fused-ring (bicyclic) bond motifs is 2. The molecule has 0 saturated heterocycles. The molecule has 5 heteroatoms. The zero-order chi connectivity index (χ0) is 14.9. The third-order valence-corrected chi connectivity index (χ3v) is 4.68. The number of hydrogen-bond donors (Lipinski definition) is 1. The van der Waals surface area contributed by atoms with E-state index >= 15 is 0 Å². The Kier molecular flexibility index (Phi) is 4.18. The smallest absolute Gasteiger partial charge is 0.310 e. The van der Waals surface area contributed by atoms with Crippen molar-refractivity contribution in [2.45, 2.75) is 32.3 Å². The lowest BCUT2D eigenvalue weighted by Crippen LogP contribution is -2.59. The lowest BCUT2D eigenvalue weighted by atomic mass is 9.59. The normalized spacial score (nSPS) is 34.9. The molecular weight excluding hydrogens is 258 g/mol. The van der Waals surface area contributed by atoms with Crippen molar-refractivity contribution in [2.75, 3.05) is 20.2 Å². The summed E-state index contributed by atoms with van der Waals surface area (Å²) in [6, 6.07) is 0. The molecule has 0 aromatic heterocycles. The Balaban J connectivity index is 2.38. The lowest BCUT2D eigenvalue weighted by Gasteiger charge is -2.48. The summed E-state index contributed by atoms with van der Waals surface area (Å²) in [5.74, 6) is -1.86. The molecule has 3 rings (SSSR count). The average Bonchev–Trinajstić information content (AvgIpc) is 2.46. The molecule has 2 bridgehead atoms. The van der Waals surface area contributed by atoms with E-state index in [0.29, 0.717) is 19.5 Å². The number of carbonyl (C=O) groups excluding carboxylic acids is 2. The van der Waals surface area contributed by atoms with E-state index in [0.717, 1.165) is 6.42 Å². The van der Waals surface area contributed by atoms with Crippen LogP contribution in [0.1, 0.15) is 26.7 Å². The first kappa shape index (κ1) is 15.0. The fourth-order valence-electron chi connectivity index (χ4n) is 3.53. The molecule has 0 aliphatic heterocycles. The SMILES string of the molecule is CCN(CC)C(=O)[C@H]1[C@H](C(=O)OC)[C@H]2C=C[C@]1(O)CC2. The highest BCUT2D eigenvalue weighted by atomic mass is 16.5. The molecular formula is C15H23NO4. The number of amides is 1. The molecule has 4 atom stereocenters. The van der Waals surface area contributed by atoms with E-state index in [1.807, 2.05) is 19.9 Å². The molecule has 0 heterocycles. The first-order valence-corrected chi connectivity index (χ1v) is 7.26. The minimum atomic E-state index is -1.21. The van der Waals surface area contributed by atoms with Crippen molar-refractivity contribution in [1.29, 1.82) is 0 Å². The van der Waals surface area contributed by atoms with Gasteiger partial charge in [0, 0.05) is 13.1 Å². The predicted octanol–water partition coefficient (Wildman–Crippen LogP) is 0.971. The fraction of sp³-hybridized carbons (Fsp3) is 0.733. The molecule has 0 radical (unpaired) electrons. The van der Waals surface area contributed by atoms with Gasteiger partial charge in [-0.3, -0.25) is 9.59 Å². The summed E-state index contributed by atoms with van der Waals surface area (Å²) in [6.07, 6.45) is 4.80. The maximum atomic E-state index is 12.7. The van der Waals surface area contributed by atoms with E-state index in [-0.39, 0.29) is 11.8 Å². The quantitative estimate of drug-likeness (QED) is 0.616. The molecule has 20 heavy (non-hydrogen) atoms. The largest absolute Gasteiger partial charge is 0.469 e. The van der Waals surface area contributed by atoms with Crippen LogP contribution in [0.25, 0.3) is 0 Å². The van der Waals surface area contributed by atoms with E-state index in [4.69, 9.17) is 4.74 Å². The number of carbonyl (C=O) groups is 2. The second-order valence-electron chi connectivity index (χ2n) is 5.59. The van der Waals surface area contributed by atoms with Crippen molar-refractivity contribution in [3.63, 3.8) is 0 Å². The zero-order valence-electron chi connectivity index (χ0n) is 12.3. The fourth-order valence-corrected chi connectivity index (χ4v) is 3.53. The summed E-state index contributed by atoms with van der Waals surface area (Å²) in [5, 5.41) is 10.8. The summed E-state index contributed by atoms with van der Waals surface area (Å²) >= 11 is 0. The second-order valence-corrected chi connectivity index (χ2v) is 5.59. The highest BCUT2D eigenvalue weighted by molar-refractivity contribution is 5.88. The standard InChI is InChI=1S/C15H23NO4/c1-4-16(5-2)13(17)12-11(14(18)20-3)10-6-8-15(12,19)9-7-10/h6,8,10-12,19H,4-5,7,9H2,1-3H3/t10-,11+,12+,15-/m0/s1. The van der Waals surface area contributed by atoms with Gasteiger partial charge in [0.05, 0.1) is 24.5 Å². The molecule has 1 saturated carbocycles. The number of allylic oxidation sites excluding steroid dienone is 1. The van der Waals surface area contributed by atoms with Gasteiger partial charge in [-0.15, -0.1) is 0 Å². The Morgan fingerprint density at radius 2 is 2.05 bits per heavy atom. The van der Waals surface area contributed by atoms with E-state index in [1.165, 1.54) is 7.11 Å². The molecule has 0 unspecified atom stereocenters. The van der Waals surface area contributed by atoms with Crippen LogP contribution in [0.5, 0.6) is 0 Å². The summed E-state index contributed by atoms with van der Waals surface area (Å²) in [6.45, 7) is 4.94. The number of nitrogens with zero attached hydrogens (tertiary/aromatic N) is 1. The molecule has 112 valence electrons. The van der Waals surface area contributed by atoms with Crippen LogP contribution >= 0.6 is 0 Å². The van der Waals surface area contributed by atoms with Gasteiger partial charge in [0.2, 0.25) is 5.91 Å². The third-order valence-electron chi connectivity index (χ3n) is 4.68. The molecule has 1 fully saturated rings. The maximum absolute atomic E-state index is 12.7. The molecule has 1 N–H and O–H groups in total. The van der Waals surface area contributed by atoms with Crippen LogP contribution in [0.2, 0.25) is 0 Å². The average molecular weight is 281 g/mol. The highest BCUT2D eigenvalue weighted by Crippen LogP contribution is 2.48. The molecule has 0 aromatic carbocycles. The number of aliphatic hydroxyl groups is 1. The molecule has 5 nitrogen and oxygen atoms in total. The minimum absolute atomic E-state index is 0.0130. The summed E-state index contributed by atoms with van der Waals surface area (Å²) in [4.78, 5) is 26.5. The number of methoxy groups -OCH3 is 1. The van der Waals surface area contributed by atoms with E-state index in [1.54, 1.807) is 11.0 Å². The van der Waals surface area contributed by atoms with Gasteiger partial charge < -0.3 is 14.7 Å². The van der Waals surface area contributed by atoms with Crippen molar-refractivity contribution in [1.82, 2.24) is 4.90 Å². The first-order chi connectivity index (χ1) is 9.48. The third kappa shape index (κ3) is 2.24. The topological polar surface area (TPSA) is 66.8 Å². The number of esters is 1. The number of ether oxygens (including phenoxy) is 1. The summed E-state index contributed by atoms with van der Waals surface area (Å²) in [5.41, 5.74) is -1.21. The minimum Gasteiger partial charge on any atom is -0.469 e. The van der Waals surface area contributed by atoms with Crippen LogP contribution in [-0.4, -0.2) is 47.7 Å². The van der Waals surface area contributed by atoms with Crippen LogP contribution in [0, 0.1) is 17.8 Å². The molecule has 1 amide bonds. The van der Waals surface area contributed by atoms with Gasteiger partial charge in [0.15, 0.2) is 0 Å². The molecule has 0 aromatic rings. The Morgan fingerprint density at radius 3 is 2.50 bits per heavy atom. The Bertz CT molecular complexity index is 430. The van der Waals surface area contributed by atoms with Crippen molar-refractivity contribution in [3.05, 3.63) is 12.2 Å². The summed E-state index contributed by atoms with van der Waals surface area (Å²) < 4.78 is 4.86. The molecule has 0 spiro atoms. The predicted molar refractivity (Wildman–Crippen MR) is 73.7 cm³/mol. The Hall–Kier alpha value is -1.36. The van der Waals surface area contributed by atoms with Crippen LogP contribution in [0.3, 0.4) is 0 Å². The number of rotatable bonds is 4. The Labute approximate surface area is 119 Å². The Morgan fingerprint density at radius 1 is 1.40 bits per heavy atom. The van der Waals surface area contributed by atoms with E-state index < -0.39 is 23.4 Å². The van der Waals surface area contributed by atoms with Crippen molar-refractivity contribution in [3.8, 4) is 0 Å². The second kappa shape index (κ2) is 5.56. The maximum Gasteiger partial charge on any atom is 0.310 e. The van der Waals surface area contributed by atoms with Gasteiger partial charge >= 0.3 is 5.97 Å². The van der Waals surface area contributed by atoms with Gasteiger partial charge in [0.25, 0.3) is 0 Å². The van der Waals surface area contributed by atoms with Crippen molar-refractivity contribution >= 4 is 11.9 Å². The van der Waals surface area contributed by atoms with E-state index in [2.05, 4.69) is 0 Å². The number of hydrogen-bond acceptors (Lipinski definition) is 4. The van der Waals surface area contributed by atoms with Crippen molar-refractivity contribution < 1.29 is 19.4 Å². The van der Waals surface area contributed by atoms with Gasteiger partial charge in [-0.25, -0.2) is 0 Å². The first-order valence-electron chi connectivity index (χ1n) is 7.26. The van der Waals surface area contributed by atoms with Crippen molar-refractivity contribution in [2.24, 2.45) is 17.8 Å². The highest BCUT2D eigenvalue weighted by Gasteiger charge is 2.56. The van der Waals surface area contributed by atoms with Gasteiger partial charge in [-0.05, 0) is 32.6 Å². The van der Waals surface area contributed by atoms with Gasteiger partial charge in [-0.2, -0.15) is 0 Å². The van der Waals surface area contributed by atoms with E-state index in [9.17, 15) is 14.7 Å². The van der Waals surface area contributed by atoms with Crippen LogP contribution in [0.15, 0.2) is 12.2 Å². The summed E-state index contributed by atoms with van der Waals surface area (Å²) in [7, 11) is 1.33. The molecule has 3 aliphatic rings. The monoisotopic (exact) mass is 281 g/mol. The van der Waals surface area contributed by atoms with Crippen LogP contribution < -0.4 is 0 Å². The van der Waals surface area contributed by atoms with Gasteiger partial charge in [0.1, 0.15) is 0 Å².